The number of hydrogen-bond acceptors (Lipinski definition) is 2. The predicted molar refractivity (Wildman–Crippen MR) is 135 cm³/mol. The lowest BCUT2D eigenvalue weighted by atomic mass is 9.98. The molecule has 2 heterocycles. The number of fused-ring (bicyclic) bond motifs is 4. The number of aromatic nitrogens is 2. The van der Waals surface area contributed by atoms with Crippen molar-refractivity contribution in [2.24, 2.45) is 14.1 Å². The molecule has 3 aromatic carbocycles. The van der Waals surface area contributed by atoms with E-state index in [4.69, 9.17) is 0 Å². The lowest BCUT2D eigenvalue weighted by Gasteiger charge is -2.16. The summed E-state index contributed by atoms with van der Waals surface area (Å²) in [7, 11) is 3.95. The van der Waals surface area contributed by atoms with Crippen molar-refractivity contribution in [1.29, 1.82) is 0 Å². The van der Waals surface area contributed by atoms with Gasteiger partial charge < -0.3 is 9.13 Å². The average molecular weight is 425 g/mol. The lowest BCUT2D eigenvalue weighted by Crippen LogP contribution is -2.14. The first-order valence-electron chi connectivity index (χ1n) is 11.2. The minimum atomic E-state index is 0.00813. The Balaban J connectivity index is 1.96. The van der Waals surface area contributed by atoms with Gasteiger partial charge in [-0.3, -0.25) is 9.59 Å². The van der Waals surface area contributed by atoms with Crippen molar-refractivity contribution in [2.45, 2.75) is 39.5 Å². The van der Waals surface area contributed by atoms with Crippen LogP contribution in [0.25, 0.3) is 43.6 Å². The largest absolute Gasteiger partial charge is 0.343 e. The summed E-state index contributed by atoms with van der Waals surface area (Å²) < 4.78 is 4.09. The standard InChI is InChI=1S/C28H28N2O2/c1-15(2)17-7-9-19-23(11-17)29(5)25-13-22-26(14-21(25)27(19)31)30(6)24-12-18(16(3)4)8-10-20(24)28(22)32/h7-16H,1-6H3. The van der Waals surface area contributed by atoms with E-state index in [1.165, 1.54) is 11.1 Å². The van der Waals surface area contributed by atoms with Crippen LogP contribution in [-0.2, 0) is 14.1 Å². The fourth-order valence-corrected chi connectivity index (χ4v) is 4.80. The van der Waals surface area contributed by atoms with Gasteiger partial charge in [0.25, 0.3) is 0 Å². The smallest absolute Gasteiger partial charge is 0.197 e. The van der Waals surface area contributed by atoms with E-state index in [-0.39, 0.29) is 10.9 Å². The van der Waals surface area contributed by atoms with E-state index in [1.54, 1.807) is 0 Å². The molecule has 0 spiro atoms. The van der Waals surface area contributed by atoms with Crippen LogP contribution in [0.15, 0.2) is 58.1 Å². The van der Waals surface area contributed by atoms with E-state index in [1.807, 2.05) is 59.6 Å². The maximum absolute atomic E-state index is 13.5. The van der Waals surface area contributed by atoms with Gasteiger partial charge >= 0.3 is 0 Å². The topological polar surface area (TPSA) is 44.0 Å². The van der Waals surface area contributed by atoms with Crippen molar-refractivity contribution in [1.82, 2.24) is 9.13 Å². The normalized spacial score (nSPS) is 12.2. The monoisotopic (exact) mass is 424 g/mol. The van der Waals surface area contributed by atoms with E-state index >= 15 is 0 Å². The van der Waals surface area contributed by atoms with Crippen molar-refractivity contribution < 1.29 is 0 Å². The Kier molecular flexibility index (Phi) is 4.52. The maximum atomic E-state index is 13.5. The Morgan fingerprint density at radius 3 is 1.22 bits per heavy atom. The molecule has 0 bridgehead atoms. The zero-order valence-corrected chi connectivity index (χ0v) is 19.5. The molecule has 0 aliphatic carbocycles. The highest BCUT2D eigenvalue weighted by Gasteiger charge is 2.16. The van der Waals surface area contributed by atoms with Gasteiger partial charge in [-0.05, 0) is 59.4 Å². The highest BCUT2D eigenvalue weighted by atomic mass is 16.1. The number of aryl methyl sites for hydroxylation is 2. The molecule has 2 aromatic heterocycles. The number of rotatable bonds is 2. The molecule has 0 unspecified atom stereocenters. The first-order valence-corrected chi connectivity index (χ1v) is 11.2. The highest BCUT2D eigenvalue weighted by molar-refractivity contribution is 6.03. The van der Waals surface area contributed by atoms with Crippen molar-refractivity contribution >= 4 is 43.6 Å². The summed E-state index contributed by atoms with van der Waals surface area (Å²) >= 11 is 0. The third-order valence-electron chi connectivity index (χ3n) is 6.91. The highest BCUT2D eigenvalue weighted by Crippen LogP contribution is 2.28. The quantitative estimate of drug-likeness (QED) is 0.329. The van der Waals surface area contributed by atoms with Gasteiger partial charge in [0, 0.05) is 35.6 Å². The molecule has 0 aliphatic heterocycles. The predicted octanol–water partition coefficient (Wildman–Crippen LogP) is 5.94. The molecule has 0 saturated heterocycles. The minimum Gasteiger partial charge on any atom is -0.343 e. The minimum absolute atomic E-state index is 0.00813. The van der Waals surface area contributed by atoms with Crippen LogP contribution in [0.1, 0.15) is 50.7 Å². The summed E-state index contributed by atoms with van der Waals surface area (Å²) in [5, 5.41) is 2.69. The second-order valence-corrected chi connectivity index (χ2v) is 9.53. The average Bonchev–Trinajstić information content (AvgIpc) is 2.79. The Hall–Kier alpha value is -3.40. The first-order chi connectivity index (χ1) is 15.2. The summed E-state index contributed by atoms with van der Waals surface area (Å²) in [6, 6.07) is 15.9. The molecule has 0 radical (unpaired) electrons. The van der Waals surface area contributed by atoms with E-state index < -0.39 is 0 Å². The van der Waals surface area contributed by atoms with Gasteiger partial charge in [-0.2, -0.15) is 0 Å². The van der Waals surface area contributed by atoms with Crippen LogP contribution >= 0.6 is 0 Å². The molecule has 5 rings (SSSR count). The van der Waals surface area contributed by atoms with Crippen LogP contribution in [0, 0.1) is 0 Å². The molecule has 4 heteroatoms. The van der Waals surface area contributed by atoms with Crippen LogP contribution in [0.2, 0.25) is 0 Å². The van der Waals surface area contributed by atoms with Crippen LogP contribution < -0.4 is 10.9 Å². The second-order valence-electron chi connectivity index (χ2n) is 9.53. The van der Waals surface area contributed by atoms with Crippen LogP contribution in [0.5, 0.6) is 0 Å². The van der Waals surface area contributed by atoms with Crippen molar-refractivity contribution in [2.75, 3.05) is 0 Å². The third kappa shape index (κ3) is 2.82. The fourth-order valence-electron chi connectivity index (χ4n) is 4.80. The van der Waals surface area contributed by atoms with Gasteiger partial charge in [-0.25, -0.2) is 0 Å². The zero-order chi connectivity index (χ0) is 22.9. The summed E-state index contributed by atoms with van der Waals surface area (Å²) in [4.78, 5) is 26.9. The zero-order valence-electron chi connectivity index (χ0n) is 19.5. The van der Waals surface area contributed by atoms with Crippen molar-refractivity contribution in [3.05, 3.63) is 80.1 Å². The Labute approximate surface area is 186 Å². The lowest BCUT2D eigenvalue weighted by molar-refractivity contribution is 0.865. The summed E-state index contributed by atoms with van der Waals surface area (Å²) in [6.07, 6.45) is 0. The Morgan fingerprint density at radius 2 is 0.875 bits per heavy atom. The van der Waals surface area contributed by atoms with Crippen molar-refractivity contribution in [3.8, 4) is 0 Å². The van der Waals surface area contributed by atoms with E-state index in [0.717, 1.165) is 22.1 Å². The Bertz CT molecular complexity index is 1560. The third-order valence-corrected chi connectivity index (χ3v) is 6.91. The molecule has 162 valence electrons. The number of benzene rings is 3. The molecule has 0 aliphatic rings. The van der Waals surface area contributed by atoms with Gasteiger partial charge in [0.2, 0.25) is 0 Å². The van der Waals surface area contributed by atoms with Gasteiger partial charge in [-0.1, -0.05) is 39.8 Å². The summed E-state index contributed by atoms with van der Waals surface area (Å²) in [5.41, 5.74) is 5.75. The molecule has 5 aromatic rings. The Morgan fingerprint density at radius 1 is 0.531 bits per heavy atom. The molecular formula is C28H28N2O2. The molecule has 0 saturated carbocycles. The second kappa shape index (κ2) is 7.06. The fraction of sp³-hybridized carbons (Fsp3) is 0.286. The van der Waals surface area contributed by atoms with Gasteiger partial charge in [0.05, 0.1) is 22.1 Å². The first kappa shape index (κ1) is 20.5. The van der Waals surface area contributed by atoms with Gasteiger partial charge in [0.1, 0.15) is 0 Å². The molecule has 0 atom stereocenters. The van der Waals surface area contributed by atoms with Crippen LogP contribution in [-0.4, -0.2) is 9.13 Å². The SMILES string of the molecule is CC(C)c1ccc2c(=O)c3cc4c(cc3n(C)c2c1)c(=O)c1ccc(C(C)C)cc1n4C. The number of pyridine rings is 2. The van der Waals surface area contributed by atoms with Crippen molar-refractivity contribution in [3.63, 3.8) is 0 Å². The van der Waals surface area contributed by atoms with E-state index in [9.17, 15) is 9.59 Å². The van der Waals surface area contributed by atoms with Gasteiger partial charge in [-0.15, -0.1) is 0 Å². The number of nitrogens with zero attached hydrogens (tertiary/aromatic N) is 2. The summed E-state index contributed by atoms with van der Waals surface area (Å²) in [6.45, 7) is 8.58. The molecule has 0 fully saturated rings. The molecule has 0 amide bonds. The van der Waals surface area contributed by atoms with E-state index in [2.05, 4.69) is 39.8 Å². The van der Waals surface area contributed by atoms with E-state index in [0.29, 0.717) is 33.4 Å². The number of hydrogen-bond donors (Lipinski definition) is 0. The summed E-state index contributed by atoms with van der Waals surface area (Å²) in [5.74, 6) is 0.743. The molecule has 0 N–H and O–H groups in total. The van der Waals surface area contributed by atoms with Gasteiger partial charge in [0.15, 0.2) is 10.9 Å². The molecule has 32 heavy (non-hydrogen) atoms. The van der Waals surface area contributed by atoms with Crippen LogP contribution in [0.3, 0.4) is 0 Å². The molecular weight excluding hydrogens is 396 g/mol. The molecule has 4 nitrogen and oxygen atoms in total. The van der Waals surface area contributed by atoms with Crippen LogP contribution in [0.4, 0.5) is 0 Å². The maximum Gasteiger partial charge on any atom is 0.197 e.